The summed E-state index contributed by atoms with van der Waals surface area (Å²) in [4.78, 5) is 0. The molecule has 5 rings (SSSR count). The Bertz CT molecular complexity index is 888. The smallest absolute Gasteiger partial charge is 0.210 e. The number of aromatic nitrogens is 4. The quantitative estimate of drug-likeness (QED) is 0.559. The van der Waals surface area contributed by atoms with E-state index in [0.29, 0.717) is 25.6 Å². The number of fused-ring (bicyclic) bond motifs is 1. The van der Waals surface area contributed by atoms with Gasteiger partial charge < -0.3 is 18.6 Å². The molecule has 4 unspecified atom stereocenters. The second kappa shape index (κ2) is 8.04. The molecule has 2 saturated heterocycles. The highest BCUT2D eigenvalue weighted by molar-refractivity contribution is 7.98. The lowest BCUT2D eigenvalue weighted by Crippen LogP contribution is -2.32. The number of rotatable bonds is 7. The van der Waals surface area contributed by atoms with Gasteiger partial charge in [0, 0.05) is 0 Å². The molecule has 28 heavy (non-hydrogen) atoms. The summed E-state index contributed by atoms with van der Waals surface area (Å²) in [6.45, 7) is 1.55. The predicted molar refractivity (Wildman–Crippen MR) is 99.6 cm³/mol. The fourth-order valence-electron chi connectivity index (χ4n) is 3.59. The Morgan fingerprint density at radius 2 is 1.96 bits per heavy atom. The number of furan rings is 1. The molecule has 3 aromatic rings. The fourth-order valence-corrected chi connectivity index (χ4v) is 4.43. The highest BCUT2D eigenvalue weighted by atomic mass is 32.2. The number of thioether (sulfide) groups is 1. The van der Waals surface area contributed by atoms with Crippen LogP contribution in [0.15, 0.2) is 58.3 Å². The molecule has 4 atom stereocenters. The number of benzene rings is 1. The lowest BCUT2D eigenvalue weighted by atomic mass is 10.1. The van der Waals surface area contributed by atoms with Crippen LogP contribution < -0.4 is 0 Å². The van der Waals surface area contributed by atoms with Gasteiger partial charge in [0.15, 0.2) is 0 Å². The van der Waals surface area contributed by atoms with Crippen molar-refractivity contribution in [3.05, 3.63) is 60.1 Å². The van der Waals surface area contributed by atoms with Crippen LogP contribution in [0, 0.1) is 0 Å². The summed E-state index contributed by atoms with van der Waals surface area (Å²) in [5, 5.41) is 12.9. The van der Waals surface area contributed by atoms with E-state index in [1.807, 2.05) is 30.3 Å². The fraction of sp³-hybridized carbons (Fsp3) is 0.421. The largest absolute Gasteiger partial charge is 0.468 e. The van der Waals surface area contributed by atoms with Gasteiger partial charge in [-0.1, -0.05) is 42.1 Å². The molecule has 8 nitrogen and oxygen atoms in total. The van der Waals surface area contributed by atoms with E-state index in [1.54, 1.807) is 10.9 Å². The lowest BCUT2D eigenvalue weighted by Gasteiger charge is -2.17. The minimum atomic E-state index is -0.118. The van der Waals surface area contributed by atoms with E-state index in [0.717, 1.165) is 16.5 Å². The van der Waals surface area contributed by atoms with Gasteiger partial charge in [0.25, 0.3) is 0 Å². The minimum absolute atomic E-state index is 0.0653. The summed E-state index contributed by atoms with van der Waals surface area (Å²) in [6, 6.07) is 13.9. The molecule has 2 aromatic heterocycles. The molecule has 2 fully saturated rings. The molecule has 4 heterocycles. The number of hydrogen-bond donors (Lipinski definition) is 0. The van der Waals surface area contributed by atoms with Gasteiger partial charge in [-0.25, -0.2) is 4.68 Å². The van der Waals surface area contributed by atoms with E-state index in [9.17, 15) is 0 Å². The summed E-state index contributed by atoms with van der Waals surface area (Å²) in [6.07, 6.45) is 1.34. The third-order valence-corrected chi connectivity index (χ3v) is 5.94. The third-order valence-electron chi connectivity index (χ3n) is 4.99. The maximum atomic E-state index is 6.07. The van der Waals surface area contributed by atoms with Crippen molar-refractivity contribution in [3.63, 3.8) is 0 Å². The number of hydrogen-bond acceptors (Lipinski definition) is 8. The number of ether oxygens (including phenoxy) is 3. The normalized spacial score (nSPS) is 26.6. The van der Waals surface area contributed by atoms with Crippen LogP contribution in [0.4, 0.5) is 0 Å². The Morgan fingerprint density at radius 1 is 1.07 bits per heavy atom. The molecule has 2 aliphatic heterocycles. The first-order valence-electron chi connectivity index (χ1n) is 9.20. The van der Waals surface area contributed by atoms with Crippen molar-refractivity contribution in [1.29, 1.82) is 0 Å². The first-order chi connectivity index (χ1) is 13.9. The van der Waals surface area contributed by atoms with Crippen LogP contribution in [0.25, 0.3) is 0 Å². The molecule has 9 heteroatoms. The van der Waals surface area contributed by atoms with Crippen molar-refractivity contribution in [3.8, 4) is 0 Å². The molecule has 2 aliphatic rings. The molecule has 146 valence electrons. The van der Waals surface area contributed by atoms with Crippen LogP contribution >= 0.6 is 11.8 Å². The van der Waals surface area contributed by atoms with Gasteiger partial charge in [0.1, 0.15) is 30.1 Å². The van der Waals surface area contributed by atoms with Gasteiger partial charge in [-0.3, -0.25) is 0 Å². The van der Waals surface area contributed by atoms with Crippen LogP contribution in [0.1, 0.15) is 17.4 Å². The third kappa shape index (κ3) is 3.58. The number of tetrazole rings is 1. The SMILES string of the molecule is c1ccc(COC2COC3C2OCC3n2nnnc2SCc2ccco2)cc1. The average molecular weight is 400 g/mol. The Balaban J connectivity index is 1.22. The van der Waals surface area contributed by atoms with E-state index in [1.165, 1.54) is 11.8 Å². The van der Waals surface area contributed by atoms with Crippen LogP contribution in [0.5, 0.6) is 0 Å². The van der Waals surface area contributed by atoms with Crippen LogP contribution in [0.3, 0.4) is 0 Å². The zero-order valence-electron chi connectivity index (χ0n) is 15.1. The highest BCUT2D eigenvalue weighted by Crippen LogP contribution is 2.37. The summed E-state index contributed by atoms with van der Waals surface area (Å²) in [5.41, 5.74) is 1.14. The molecule has 0 amide bonds. The van der Waals surface area contributed by atoms with Crippen LogP contribution in [-0.4, -0.2) is 51.7 Å². The second-order valence-electron chi connectivity index (χ2n) is 6.77. The van der Waals surface area contributed by atoms with Gasteiger partial charge in [-0.05, 0) is 28.1 Å². The van der Waals surface area contributed by atoms with Gasteiger partial charge in [-0.2, -0.15) is 0 Å². The number of nitrogens with zero attached hydrogens (tertiary/aromatic N) is 4. The zero-order chi connectivity index (χ0) is 18.8. The van der Waals surface area contributed by atoms with Gasteiger partial charge in [0.2, 0.25) is 5.16 Å². The lowest BCUT2D eigenvalue weighted by molar-refractivity contribution is -0.0401. The Hall–Kier alpha value is -2.20. The maximum Gasteiger partial charge on any atom is 0.210 e. The summed E-state index contributed by atoms with van der Waals surface area (Å²) >= 11 is 1.53. The first-order valence-corrected chi connectivity index (χ1v) is 10.2. The molecule has 0 saturated carbocycles. The Morgan fingerprint density at radius 3 is 2.82 bits per heavy atom. The van der Waals surface area contributed by atoms with E-state index in [4.69, 9.17) is 18.6 Å². The van der Waals surface area contributed by atoms with E-state index in [2.05, 4.69) is 27.7 Å². The summed E-state index contributed by atoms with van der Waals surface area (Å²) < 4.78 is 25.3. The molecule has 0 radical (unpaired) electrons. The second-order valence-corrected chi connectivity index (χ2v) is 7.71. The van der Waals surface area contributed by atoms with Crippen LogP contribution in [-0.2, 0) is 26.6 Å². The predicted octanol–water partition coefficient (Wildman–Crippen LogP) is 2.48. The van der Waals surface area contributed by atoms with Gasteiger partial charge in [-0.15, -0.1) is 5.10 Å². The van der Waals surface area contributed by atoms with Crippen molar-refractivity contribution < 1.29 is 18.6 Å². The van der Waals surface area contributed by atoms with Crippen molar-refractivity contribution in [2.75, 3.05) is 13.2 Å². The van der Waals surface area contributed by atoms with Crippen LogP contribution in [0.2, 0.25) is 0 Å². The van der Waals surface area contributed by atoms with Crippen molar-refractivity contribution in [2.45, 2.75) is 41.9 Å². The molecular weight excluding hydrogens is 380 g/mol. The Kier molecular flexibility index (Phi) is 5.13. The van der Waals surface area contributed by atoms with Crippen molar-refractivity contribution in [2.24, 2.45) is 0 Å². The molecular formula is C19H20N4O4S. The molecule has 0 aliphatic carbocycles. The van der Waals surface area contributed by atoms with E-state index < -0.39 is 0 Å². The Labute approximate surface area is 166 Å². The minimum Gasteiger partial charge on any atom is -0.468 e. The highest BCUT2D eigenvalue weighted by Gasteiger charge is 2.50. The van der Waals surface area contributed by atoms with Gasteiger partial charge >= 0.3 is 0 Å². The summed E-state index contributed by atoms with van der Waals surface area (Å²) in [5.74, 6) is 1.55. The van der Waals surface area contributed by atoms with E-state index in [-0.39, 0.29) is 24.4 Å². The molecule has 0 N–H and O–H groups in total. The summed E-state index contributed by atoms with van der Waals surface area (Å²) in [7, 11) is 0. The first kappa shape index (κ1) is 17.9. The van der Waals surface area contributed by atoms with Crippen molar-refractivity contribution in [1.82, 2.24) is 20.2 Å². The molecule has 1 aromatic carbocycles. The molecule has 0 spiro atoms. The zero-order valence-corrected chi connectivity index (χ0v) is 15.9. The molecule has 0 bridgehead atoms. The van der Waals surface area contributed by atoms with Gasteiger partial charge in [0.05, 0.1) is 31.8 Å². The average Bonchev–Trinajstić information content (AvgIpc) is 3.50. The maximum absolute atomic E-state index is 6.07. The topological polar surface area (TPSA) is 84.4 Å². The van der Waals surface area contributed by atoms with Crippen molar-refractivity contribution >= 4 is 11.8 Å². The standard InChI is InChI=1S/C19H20N4O4S/c1-2-5-13(6-3-1)9-25-16-11-27-17-15(10-26-18(16)17)23-19(20-21-22-23)28-12-14-7-4-8-24-14/h1-8,15-18H,9-12H2. The monoisotopic (exact) mass is 400 g/mol. The van der Waals surface area contributed by atoms with E-state index >= 15 is 0 Å².